The van der Waals surface area contributed by atoms with Crippen LogP contribution in [0, 0.1) is 0 Å². The van der Waals surface area contributed by atoms with Gasteiger partial charge < -0.3 is 4.57 Å². The summed E-state index contributed by atoms with van der Waals surface area (Å²) in [5, 5.41) is 0. The van der Waals surface area contributed by atoms with Gasteiger partial charge in [-0.3, -0.25) is 9.59 Å². The minimum atomic E-state index is -0.544. The molecule has 0 saturated carbocycles. The normalized spacial score (nSPS) is 17.9. The van der Waals surface area contributed by atoms with Crippen molar-refractivity contribution in [2.45, 2.75) is 32.2 Å². The van der Waals surface area contributed by atoms with Gasteiger partial charge in [-0.25, -0.2) is 9.88 Å². The van der Waals surface area contributed by atoms with Crippen LogP contribution in [0.2, 0.25) is 0 Å². The Morgan fingerprint density at radius 3 is 2.40 bits per heavy atom. The fraction of sp³-hybridized carbons (Fsp3) is 0.250. The quantitative estimate of drug-likeness (QED) is 0.687. The van der Waals surface area contributed by atoms with E-state index in [0.29, 0.717) is 5.69 Å². The van der Waals surface area contributed by atoms with E-state index >= 15 is 0 Å². The van der Waals surface area contributed by atoms with Crippen LogP contribution in [0.15, 0.2) is 54.6 Å². The molecule has 4 rings (SSSR count). The van der Waals surface area contributed by atoms with E-state index in [1.807, 2.05) is 60.9 Å². The lowest BCUT2D eigenvalue weighted by molar-refractivity contribution is -0.122. The Balaban J connectivity index is 1.84. The summed E-state index contributed by atoms with van der Waals surface area (Å²) in [6.07, 6.45) is 0.161. The maximum atomic E-state index is 13.1. The van der Waals surface area contributed by atoms with Crippen LogP contribution in [0.5, 0.6) is 0 Å². The van der Waals surface area contributed by atoms with E-state index in [0.717, 1.165) is 16.9 Å². The number of rotatable bonds is 3. The zero-order valence-corrected chi connectivity index (χ0v) is 14.2. The van der Waals surface area contributed by atoms with Gasteiger partial charge in [-0.15, -0.1) is 0 Å². The average Bonchev–Trinajstić information content (AvgIpc) is 3.13. The van der Waals surface area contributed by atoms with Crippen molar-refractivity contribution >= 4 is 28.5 Å². The Morgan fingerprint density at radius 2 is 1.68 bits per heavy atom. The predicted molar refractivity (Wildman–Crippen MR) is 96.4 cm³/mol. The molecule has 0 aliphatic carbocycles. The number of imide groups is 1. The minimum absolute atomic E-state index is 0.154. The van der Waals surface area contributed by atoms with E-state index in [1.54, 1.807) is 12.1 Å². The number of carbonyl (C=O) groups excluding carboxylic acids is 2. The van der Waals surface area contributed by atoms with E-state index in [9.17, 15) is 9.59 Å². The number of fused-ring (bicyclic) bond motifs is 1. The maximum Gasteiger partial charge on any atom is 0.257 e. The van der Waals surface area contributed by atoms with Crippen LogP contribution in [0.4, 0.5) is 5.69 Å². The van der Waals surface area contributed by atoms with Gasteiger partial charge in [0.1, 0.15) is 11.9 Å². The van der Waals surface area contributed by atoms with Gasteiger partial charge in [0.2, 0.25) is 5.91 Å². The first kappa shape index (κ1) is 15.6. The Kier molecular flexibility index (Phi) is 3.64. The highest BCUT2D eigenvalue weighted by molar-refractivity contribution is 6.21. The SMILES string of the molecule is CC(C)c1nc2ccccc2n1C1CC(=O)N(c2ccccc2)C1=O. The third-order valence-electron chi connectivity index (χ3n) is 4.59. The Hall–Kier alpha value is -2.95. The van der Waals surface area contributed by atoms with Crippen LogP contribution in [-0.4, -0.2) is 21.4 Å². The van der Waals surface area contributed by atoms with Crippen LogP contribution >= 0.6 is 0 Å². The van der Waals surface area contributed by atoms with Crippen molar-refractivity contribution in [2.24, 2.45) is 0 Å². The molecular weight excluding hydrogens is 314 g/mol. The molecule has 2 amide bonds. The lowest BCUT2D eigenvalue weighted by atomic mass is 10.1. The van der Waals surface area contributed by atoms with Crippen molar-refractivity contribution in [3.63, 3.8) is 0 Å². The molecule has 0 N–H and O–H groups in total. The van der Waals surface area contributed by atoms with E-state index in [4.69, 9.17) is 4.98 Å². The second-order valence-electron chi connectivity index (χ2n) is 6.61. The second kappa shape index (κ2) is 5.84. The Labute approximate surface area is 145 Å². The molecule has 2 aromatic carbocycles. The number of nitrogens with zero attached hydrogens (tertiary/aromatic N) is 3. The second-order valence-corrected chi connectivity index (χ2v) is 6.61. The summed E-state index contributed by atoms with van der Waals surface area (Å²) in [6.45, 7) is 4.10. The summed E-state index contributed by atoms with van der Waals surface area (Å²) >= 11 is 0. The molecule has 5 heteroatoms. The van der Waals surface area contributed by atoms with E-state index in [1.165, 1.54) is 4.90 Å². The fourth-order valence-electron chi connectivity index (χ4n) is 3.46. The molecule has 25 heavy (non-hydrogen) atoms. The van der Waals surface area contributed by atoms with Crippen LogP contribution in [0.1, 0.15) is 38.1 Å². The maximum absolute atomic E-state index is 13.1. The van der Waals surface area contributed by atoms with Crippen molar-refractivity contribution in [1.29, 1.82) is 0 Å². The molecule has 5 nitrogen and oxygen atoms in total. The molecule has 0 radical (unpaired) electrons. The molecule has 126 valence electrons. The van der Waals surface area contributed by atoms with Gasteiger partial charge in [0, 0.05) is 5.92 Å². The topological polar surface area (TPSA) is 55.2 Å². The third-order valence-corrected chi connectivity index (χ3v) is 4.59. The highest BCUT2D eigenvalue weighted by Gasteiger charge is 2.42. The first-order valence-electron chi connectivity index (χ1n) is 8.46. The highest BCUT2D eigenvalue weighted by atomic mass is 16.2. The number of hydrogen-bond acceptors (Lipinski definition) is 3. The average molecular weight is 333 g/mol. The summed E-state index contributed by atoms with van der Waals surface area (Å²) in [5.41, 5.74) is 2.37. The zero-order chi connectivity index (χ0) is 17.6. The van der Waals surface area contributed by atoms with Gasteiger partial charge in [-0.2, -0.15) is 0 Å². The molecular formula is C20H19N3O2. The summed E-state index contributed by atoms with van der Waals surface area (Å²) in [6, 6.07) is 16.3. The number of amides is 2. The Bertz CT molecular complexity index is 959. The molecule has 0 spiro atoms. The summed E-state index contributed by atoms with van der Waals surface area (Å²) in [7, 11) is 0. The van der Waals surface area contributed by atoms with Gasteiger partial charge in [0.25, 0.3) is 5.91 Å². The number of para-hydroxylation sites is 3. The summed E-state index contributed by atoms with van der Waals surface area (Å²) < 4.78 is 1.95. The van der Waals surface area contributed by atoms with Gasteiger partial charge in [0.15, 0.2) is 0 Å². The molecule has 1 fully saturated rings. The van der Waals surface area contributed by atoms with Crippen molar-refractivity contribution in [3.05, 3.63) is 60.4 Å². The number of hydrogen-bond donors (Lipinski definition) is 0. The van der Waals surface area contributed by atoms with Crippen molar-refractivity contribution in [3.8, 4) is 0 Å². The number of benzene rings is 2. The number of imidazole rings is 1. The van der Waals surface area contributed by atoms with Crippen LogP contribution < -0.4 is 4.90 Å². The van der Waals surface area contributed by atoms with Gasteiger partial charge >= 0.3 is 0 Å². The lowest BCUT2D eigenvalue weighted by Crippen LogP contribution is -2.31. The highest BCUT2D eigenvalue weighted by Crippen LogP contribution is 2.34. The van der Waals surface area contributed by atoms with Crippen molar-refractivity contribution < 1.29 is 9.59 Å². The number of carbonyl (C=O) groups is 2. The molecule has 3 aromatic rings. The van der Waals surface area contributed by atoms with Crippen molar-refractivity contribution in [1.82, 2.24) is 9.55 Å². The van der Waals surface area contributed by atoms with Crippen LogP contribution in [-0.2, 0) is 9.59 Å². The molecule has 1 aliphatic rings. The van der Waals surface area contributed by atoms with E-state index in [2.05, 4.69) is 0 Å². The molecule has 2 heterocycles. The summed E-state index contributed by atoms with van der Waals surface area (Å²) in [5.74, 6) is 0.623. The summed E-state index contributed by atoms with van der Waals surface area (Å²) in [4.78, 5) is 31.7. The van der Waals surface area contributed by atoms with Gasteiger partial charge in [-0.05, 0) is 24.3 Å². The van der Waals surface area contributed by atoms with Crippen molar-refractivity contribution in [2.75, 3.05) is 4.90 Å². The molecule has 0 bridgehead atoms. The molecule has 1 atom stereocenters. The molecule has 1 unspecified atom stereocenters. The Morgan fingerprint density at radius 1 is 1.00 bits per heavy atom. The largest absolute Gasteiger partial charge is 0.315 e. The molecule has 1 saturated heterocycles. The first-order valence-corrected chi connectivity index (χ1v) is 8.46. The number of aromatic nitrogens is 2. The standard InChI is InChI=1S/C20H19N3O2/c1-13(2)19-21-15-10-6-7-11-16(15)23(19)17-12-18(24)22(20(17)25)14-8-4-3-5-9-14/h3-11,13,17H,12H2,1-2H3. The minimum Gasteiger partial charge on any atom is -0.315 e. The predicted octanol–water partition coefficient (Wildman–Crippen LogP) is 3.66. The molecule has 1 aromatic heterocycles. The smallest absolute Gasteiger partial charge is 0.257 e. The van der Waals surface area contributed by atoms with Gasteiger partial charge in [-0.1, -0.05) is 44.2 Å². The van der Waals surface area contributed by atoms with E-state index in [-0.39, 0.29) is 24.2 Å². The van der Waals surface area contributed by atoms with Crippen LogP contribution in [0.3, 0.4) is 0 Å². The monoisotopic (exact) mass is 333 g/mol. The van der Waals surface area contributed by atoms with E-state index < -0.39 is 6.04 Å². The molecule has 1 aliphatic heterocycles. The lowest BCUT2D eigenvalue weighted by Gasteiger charge is -2.18. The van der Waals surface area contributed by atoms with Crippen LogP contribution in [0.25, 0.3) is 11.0 Å². The van der Waals surface area contributed by atoms with Gasteiger partial charge in [0.05, 0.1) is 23.1 Å². The number of anilines is 1. The third kappa shape index (κ3) is 2.43. The fourth-order valence-corrected chi connectivity index (χ4v) is 3.46. The first-order chi connectivity index (χ1) is 12.1. The zero-order valence-electron chi connectivity index (χ0n) is 14.2.